The van der Waals surface area contributed by atoms with Gasteiger partial charge in [-0.3, -0.25) is 9.69 Å². The van der Waals surface area contributed by atoms with Crippen LogP contribution in [0.4, 0.5) is 18.9 Å². The van der Waals surface area contributed by atoms with Gasteiger partial charge in [-0.1, -0.05) is 12.1 Å². The summed E-state index contributed by atoms with van der Waals surface area (Å²) in [5.41, 5.74) is 0.565. The Labute approximate surface area is 144 Å². The van der Waals surface area contributed by atoms with Gasteiger partial charge in [0.1, 0.15) is 5.75 Å². The summed E-state index contributed by atoms with van der Waals surface area (Å²) in [6.07, 6.45) is 0. The van der Waals surface area contributed by atoms with Crippen molar-refractivity contribution in [3.05, 3.63) is 59.4 Å². The van der Waals surface area contributed by atoms with Gasteiger partial charge in [0.05, 0.1) is 18.8 Å². The molecule has 0 aliphatic carbocycles. The third-order valence-electron chi connectivity index (χ3n) is 3.92. The van der Waals surface area contributed by atoms with Gasteiger partial charge in [-0.25, -0.2) is 13.2 Å². The van der Waals surface area contributed by atoms with Crippen LogP contribution >= 0.6 is 0 Å². The average molecular weight is 352 g/mol. The highest BCUT2D eigenvalue weighted by molar-refractivity contribution is 5.94. The summed E-state index contributed by atoms with van der Waals surface area (Å²) in [6, 6.07) is 8.50. The van der Waals surface area contributed by atoms with Gasteiger partial charge >= 0.3 is 0 Å². The molecular weight excluding hydrogens is 333 g/mol. The second-order valence-corrected chi connectivity index (χ2v) is 5.65. The molecule has 2 aromatic rings. The Hall–Kier alpha value is -2.54. The van der Waals surface area contributed by atoms with Crippen molar-refractivity contribution in [1.29, 1.82) is 0 Å². The van der Waals surface area contributed by atoms with Crippen molar-refractivity contribution >= 4 is 11.6 Å². The highest BCUT2D eigenvalue weighted by atomic mass is 19.2. The molecule has 1 N–H and O–H groups in total. The van der Waals surface area contributed by atoms with Gasteiger partial charge in [0, 0.05) is 6.54 Å². The van der Waals surface area contributed by atoms with E-state index in [-0.39, 0.29) is 0 Å². The maximum absolute atomic E-state index is 13.7. The molecule has 0 spiro atoms. The number of benzene rings is 2. The SMILES string of the molecule is COc1ccc(CN(C)C(C)C(=O)Nc2ccc(F)c(F)c2F)cc1. The zero-order valence-corrected chi connectivity index (χ0v) is 14.1. The number of halogens is 3. The molecule has 0 aliphatic heterocycles. The zero-order chi connectivity index (χ0) is 18.6. The second-order valence-electron chi connectivity index (χ2n) is 5.65. The number of amides is 1. The second kappa shape index (κ2) is 8.02. The van der Waals surface area contributed by atoms with Crippen molar-refractivity contribution in [2.24, 2.45) is 0 Å². The van der Waals surface area contributed by atoms with Crippen LogP contribution in [0.2, 0.25) is 0 Å². The number of methoxy groups -OCH3 is 1. The van der Waals surface area contributed by atoms with Crippen LogP contribution in [-0.4, -0.2) is 31.0 Å². The minimum absolute atomic E-state index is 0.395. The minimum atomic E-state index is -1.61. The molecule has 0 bridgehead atoms. The van der Waals surface area contributed by atoms with E-state index in [9.17, 15) is 18.0 Å². The van der Waals surface area contributed by atoms with E-state index in [1.807, 2.05) is 24.3 Å². The van der Waals surface area contributed by atoms with Gasteiger partial charge in [0.2, 0.25) is 5.91 Å². The molecule has 134 valence electrons. The molecule has 2 rings (SSSR count). The standard InChI is InChI=1S/C18H19F3N2O2/c1-11(23(2)10-12-4-6-13(25-3)7-5-12)18(24)22-15-9-8-14(19)16(20)17(15)21/h4-9,11H,10H2,1-3H3,(H,22,24). The number of rotatable bonds is 6. The third-order valence-corrected chi connectivity index (χ3v) is 3.92. The minimum Gasteiger partial charge on any atom is -0.497 e. The molecule has 1 amide bonds. The van der Waals surface area contributed by atoms with Crippen molar-refractivity contribution in [3.8, 4) is 5.75 Å². The van der Waals surface area contributed by atoms with Gasteiger partial charge < -0.3 is 10.1 Å². The Morgan fingerprint density at radius 3 is 2.36 bits per heavy atom. The van der Waals surface area contributed by atoms with Gasteiger partial charge in [-0.2, -0.15) is 0 Å². The van der Waals surface area contributed by atoms with Crippen LogP contribution in [0.3, 0.4) is 0 Å². The van der Waals surface area contributed by atoms with Gasteiger partial charge in [0.15, 0.2) is 17.5 Å². The number of carbonyl (C=O) groups is 1. The smallest absolute Gasteiger partial charge is 0.241 e. The van der Waals surface area contributed by atoms with E-state index >= 15 is 0 Å². The fraction of sp³-hybridized carbons (Fsp3) is 0.278. The summed E-state index contributed by atoms with van der Waals surface area (Å²) in [4.78, 5) is 14.0. The fourth-order valence-electron chi connectivity index (χ4n) is 2.22. The van der Waals surface area contributed by atoms with Crippen LogP contribution < -0.4 is 10.1 Å². The monoisotopic (exact) mass is 352 g/mol. The molecular formula is C18H19F3N2O2. The zero-order valence-electron chi connectivity index (χ0n) is 14.1. The molecule has 25 heavy (non-hydrogen) atoms. The lowest BCUT2D eigenvalue weighted by Gasteiger charge is -2.24. The number of ether oxygens (including phenoxy) is 1. The first kappa shape index (κ1) is 18.8. The first-order chi connectivity index (χ1) is 11.8. The van der Waals surface area contributed by atoms with Gasteiger partial charge in [-0.05, 0) is 43.8 Å². The Balaban J connectivity index is 2.02. The molecule has 0 radical (unpaired) electrons. The van der Waals surface area contributed by atoms with Crippen molar-refractivity contribution in [3.63, 3.8) is 0 Å². The van der Waals surface area contributed by atoms with E-state index in [1.54, 1.807) is 26.0 Å². The van der Waals surface area contributed by atoms with Crippen molar-refractivity contribution in [2.75, 3.05) is 19.5 Å². The lowest BCUT2D eigenvalue weighted by molar-refractivity contribution is -0.120. The van der Waals surface area contributed by atoms with Crippen LogP contribution in [0.5, 0.6) is 5.75 Å². The maximum Gasteiger partial charge on any atom is 0.241 e. The van der Waals surface area contributed by atoms with Crippen molar-refractivity contribution in [2.45, 2.75) is 19.5 Å². The number of carbonyl (C=O) groups excluding carboxylic acids is 1. The molecule has 7 heteroatoms. The number of hydrogen-bond acceptors (Lipinski definition) is 3. The summed E-state index contributed by atoms with van der Waals surface area (Å²) in [5, 5.41) is 2.28. The Morgan fingerprint density at radius 2 is 1.76 bits per heavy atom. The lowest BCUT2D eigenvalue weighted by Crippen LogP contribution is -2.39. The van der Waals surface area contributed by atoms with Crippen LogP contribution in [0.15, 0.2) is 36.4 Å². The van der Waals surface area contributed by atoms with Crippen molar-refractivity contribution in [1.82, 2.24) is 4.90 Å². The number of likely N-dealkylation sites (N-methyl/N-ethyl adjacent to an activating group) is 1. The summed E-state index contributed by atoms with van der Waals surface area (Å²) in [5.74, 6) is -4.14. The molecule has 2 aromatic carbocycles. The average Bonchev–Trinajstić information content (AvgIpc) is 2.62. The first-order valence-electron chi connectivity index (χ1n) is 7.61. The molecule has 0 saturated carbocycles. The Morgan fingerprint density at radius 1 is 1.12 bits per heavy atom. The predicted molar refractivity (Wildman–Crippen MR) is 88.9 cm³/mol. The molecule has 0 aromatic heterocycles. The first-order valence-corrected chi connectivity index (χ1v) is 7.61. The van der Waals surface area contributed by atoms with Crippen molar-refractivity contribution < 1.29 is 22.7 Å². The molecule has 0 aliphatic rings. The van der Waals surface area contributed by atoms with E-state index in [4.69, 9.17) is 4.74 Å². The van der Waals surface area contributed by atoms with Crippen LogP contribution in [-0.2, 0) is 11.3 Å². The number of nitrogens with zero attached hydrogens (tertiary/aromatic N) is 1. The van der Waals surface area contributed by atoms with E-state index in [0.717, 1.165) is 23.4 Å². The lowest BCUT2D eigenvalue weighted by atomic mass is 10.1. The number of hydrogen-bond donors (Lipinski definition) is 1. The van der Waals surface area contributed by atoms with E-state index < -0.39 is 35.1 Å². The fourth-order valence-corrected chi connectivity index (χ4v) is 2.22. The Bertz CT molecular complexity index is 751. The molecule has 1 atom stereocenters. The normalized spacial score (nSPS) is 12.1. The maximum atomic E-state index is 13.7. The highest BCUT2D eigenvalue weighted by Crippen LogP contribution is 2.20. The highest BCUT2D eigenvalue weighted by Gasteiger charge is 2.21. The molecule has 0 heterocycles. The number of anilines is 1. The topological polar surface area (TPSA) is 41.6 Å². The quantitative estimate of drug-likeness (QED) is 0.808. The van der Waals surface area contributed by atoms with Gasteiger partial charge in [0.25, 0.3) is 0 Å². The molecule has 0 fully saturated rings. The van der Waals surface area contributed by atoms with Gasteiger partial charge in [-0.15, -0.1) is 0 Å². The largest absolute Gasteiger partial charge is 0.497 e. The van der Waals surface area contributed by atoms with E-state index in [0.29, 0.717) is 6.54 Å². The Kier molecular flexibility index (Phi) is 6.03. The summed E-state index contributed by atoms with van der Waals surface area (Å²) in [7, 11) is 3.31. The summed E-state index contributed by atoms with van der Waals surface area (Å²) in [6.45, 7) is 2.11. The van der Waals surface area contributed by atoms with Crippen LogP contribution in [0, 0.1) is 17.5 Å². The summed E-state index contributed by atoms with van der Waals surface area (Å²) >= 11 is 0. The summed E-state index contributed by atoms with van der Waals surface area (Å²) < 4.78 is 44.9. The molecule has 0 saturated heterocycles. The van der Waals surface area contributed by atoms with E-state index in [2.05, 4.69) is 5.32 Å². The van der Waals surface area contributed by atoms with E-state index in [1.165, 1.54) is 0 Å². The molecule has 4 nitrogen and oxygen atoms in total. The number of nitrogens with one attached hydrogen (secondary N) is 1. The van der Waals surface area contributed by atoms with Crippen LogP contribution in [0.1, 0.15) is 12.5 Å². The van der Waals surface area contributed by atoms with Crippen LogP contribution in [0.25, 0.3) is 0 Å². The molecule has 1 unspecified atom stereocenters. The predicted octanol–water partition coefficient (Wildman–Crippen LogP) is 3.57. The third kappa shape index (κ3) is 4.51.